The molecule has 0 aliphatic carbocycles. The number of aryl methyl sites for hydroxylation is 1. The second kappa shape index (κ2) is 9.56. The number of para-hydroxylation sites is 1. The fraction of sp³-hybridized carbons (Fsp3) is 0.545. The molecule has 0 bridgehead atoms. The molecule has 174 valence electrons. The molecule has 1 aromatic carbocycles. The monoisotopic (exact) mass is 447 g/mol. The third kappa shape index (κ3) is 5.18. The number of benzene rings is 1. The number of aromatic nitrogens is 1. The van der Waals surface area contributed by atoms with Crippen LogP contribution in [-0.4, -0.2) is 57.8 Å². The molecule has 1 aliphatic heterocycles. The normalized spacial score (nSPS) is 16.9. The highest BCUT2D eigenvalue weighted by atomic mass is 16.5. The SMILES string of the molecule is CC(C)(C)N(CCOCCCc1cccc2c1oc(=O)n2C1CCC(=O)NC1=O)C(=O)O. The highest BCUT2D eigenvalue weighted by Gasteiger charge is 2.31. The van der Waals surface area contributed by atoms with Gasteiger partial charge in [-0.1, -0.05) is 12.1 Å². The molecule has 1 fully saturated rings. The summed E-state index contributed by atoms with van der Waals surface area (Å²) in [7, 11) is 0. The Morgan fingerprint density at radius 2 is 2.03 bits per heavy atom. The zero-order valence-electron chi connectivity index (χ0n) is 18.6. The number of piperidine rings is 1. The minimum absolute atomic E-state index is 0.168. The van der Waals surface area contributed by atoms with E-state index >= 15 is 0 Å². The van der Waals surface area contributed by atoms with Crippen LogP contribution in [-0.2, 0) is 20.7 Å². The van der Waals surface area contributed by atoms with E-state index in [1.165, 1.54) is 9.47 Å². The van der Waals surface area contributed by atoms with Crippen LogP contribution in [0, 0.1) is 0 Å². The van der Waals surface area contributed by atoms with E-state index in [0.29, 0.717) is 30.5 Å². The fourth-order valence-corrected chi connectivity index (χ4v) is 3.87. The van der Waals surface area contributed by atoms with Crippen molar-refractivity contribution in [3.05, 3.63) is 34.3 Å². The molecule has 1 aromatic heterocycles. The van der Waals surface area contributed by atoms with Crippen LogP contribution in [0.5, 0.6) is 0 Å². The second-order valence-corrected chi connectivity index (χ2v) is 8.79. The number of fused-ring (bicyclic) bond motifs is 1. The number of hydrogen-bond donors (Lipinski definition) is 2. The number of nitrogens with one attached hydrogen (secondary N) is 1. The quantitative estimate of drug-likeness (QED) is 0.469. The van der Waals surface area contributed by atoms with Gasteiger partial charge >= 0.3 is 11.8 Å². The van der Waals surface area contributed by atoms with Crippen LogP contribution in [0.3, 0.4) is 0 Å². The van der Waals surface area contributed by atoms with Crippen molar-refractivity contribution in [2.24, 2.45) is 0 Å². The predicted octanol–water partition coefficient (Wildman–Crippen LogP) is 2.30. The van der Waals surface area contributed by atoms with Crippen molar-refractivity contribution in [3.8, 4) is 0 Å². The van der Waals surface area contributed by atoms with Crippen molar-refractivity contribution in [2.45, 2.75) is 58.0 Å². The molecular weight excluding hydrogens is 418 g/mol. The molecule has 2 aromatic rings. The molecule has 0 radical (unpaired) electrons. The van der Waals surface area contributed by atoms with Crippen LogP contribution < -0.4 is 11.1 Å². The molecule has 0 saturated carbocycles. The van der Waals surface area contributed by atoms with Gasteiger partial charge in [-0.05, 0) is 51.7 Å². The van der Waals surface area contributed by atoms with Crippen LogP contribution in [0.25, 0.3) is 11.1 Å². The Morgan fingerprint density at radius 1 is 1.28 bits per heavy atom. The summed E-state index contributed by atoms with van der Waals surface area (Å²) in [6.07, 6.45) is 0.667. The molecule has 10 nitrogen and oxygen atoms in total. The zero-order valence-corrected chi connectivity index (χ0v) is 18.6. The highest BCUT2D eigenvalue weighted by Crippen LogP contribution is 2.25. The summed E-state index contributed by atoms with van der Waals surface area (Å²) in [5.74, 6) is -1.48. The Morgan fingerprint density at radius 3 is 2.69 bits per heavy atom. The number of carboxylic acid groups (broad SMARTS) is 1. The summed E-state index contributed by atoms with van der Waals surface area (Å²) in [5.41, 5.74) is 1.26. The van der Waals surface area contributed by atoms with Crippen molar-refractivity contribution >= 4 is 29.0 Å². The first-order valence-electron chi connectivity index (χ1n) is 10.6. The van der Waals surface area contributed by atoms with Crippen molar-refractivity contribution in [3.63, 3.8) is 0 Å². The van der Waals surface area contributed by atoms with Gasteiger partial charge in [-0.3, -0.25) is 19.5 Å². The highest BCUT2D eigenvalue weighted by molar-refractivity contribution is 6.00. The molecule has 1 aliphatic rings. The van der Waals surface area contributed by atoms with Crippen LogP contribution >= 0.6 is 0 Å². The van der Waals surface area contributed by atoms with E-state index in [1.54, 1.807) is 12.1 Å². The lowest BCUT2D eigenvalue weighted by Gasteiger charge is -2.32. The molecule has 32 heavy (non-hydrogen) atoms. The van der Waals surface area contributed by atoms with Crippen LogP contribution in [0.1, 0.15) is 51.6 Å². The zero-order chi connectivity index (χ0) is 23.5. The standard InChI is InChI=1S/C22H29N3O7/c1-22(2,3)24(20(28)29)11-13-31-12-5-7-14-6-4-8-15-18(14)32-21(30)25(15)16-9-10-17(26)23-19(16)27/h4,6,8,16H,5,7,9-13H2,1-3H3,(H,28,29)(H,23,26,27). The molecular formula is C22H29N3O7. The number of carbonyl (C=O) groups is 3. The molecule has 10 heteroatoms. The lowest BCUT2D eigenvalue weighted by atomic mass is 10.0. The number of rotatable bonds is 8. The van der Waals surface area contributed by atoms with E-state index < -0.39 is 29.3 Å². The number of imide groups is 1. The maximum atomic E-state index is 12.5. The smallest absolute Gasteiger partial charge is 0.420 e. The van der Waals surface area contributed by atoms with E-state index in [9.17, 15) is 24.3 Å². The van der Waals surface area contributed by atoms with Gasteiger partial charge < -0.3 is 19.2 Å². The van der Waals surface area contributed by atoms with Crippen molar-refractivity contribution in [2.75, 3.05) is 19.8 Å². The Kier molecular flexibility index (Phi) is 7.02. The van der Waals surface area contributed by atoms with Gasteiger partial charge in [-0.15, -0.1) is 0 Å². The first kappa shape index (κ1) is 23.5. The summed E-state index contributed by atoms with van der Waals surface area (Å²) in [6.45, 7) is 6.47. The lowest BCUT2D eigenvalue weighted by molar-refractivity contribution is -0.135. The Bertz CT molecular complexity index is 1060. The summed E-state index contributed by atoms with van der Waals surface area (Å²) >= 11 is 0. The van der Waals surface area contributed by atoms with Gasteiger partial charge in [0.05, 0.1) is 12.1 Å². The van der Waals surface area contributed by atoms with E-state index in [-0.39, 0.29) is 31.9 Å². The second-order valence-electron chi connectivity index (χ2n) is 8.79. The van der Waals surface area contributed by atoms with E-state index in [0.717, 1.165) is 5.56 Å². The molecule has 1 atom stereocenters. The number of amides is 3. The minimum Gasteiger partial charge on any atom is -0.465 e. The number of oxazole rings is 1. The number of carbonyl (C=O) groups excluding carboxylic acids is 2. The van der Waals surface area contributed by atoms with Crippen molar-refractivity contribution in [1.82, 2.24) is 14.8 Å². The largest absolute Gasteiger partial charge is 0.465 e. The van der Waals surface area contributed by atoms with Gasteiger partial charge in [0.15, 0.2) is 5.58 Å². The number of hydrogen-bond acceptors (Lipinski definition) is 6. The topological polar surface area (TPSA) is 131 Å². The third-order valence-corrected chi connectivity index (χ3v) is 5.48. The Hall–Kier alpha value is -3.14. The van der Waals surface area contributed by atoms with E-state index in [1.807, 2.05) is 26.8 Å². The summed E-state index contributed by atoms with van der Waals surface area (Å²) < 4.78 is 12.4. The van der Waals surface area contributed by atoms with Crippen LogP contribution in [0.4, 0.5) is 4.79 Å². The molecule has 1 saturated heterocycles. The van der Waals surface area contributed by atoms with Gasteiger partial charge in [0.1, 0.15) is 6.04 Å². The average molecular weight is 447 g/mol. The Balaban J connectivity index is 1.61. The summed E-state index contributed by atoms with van der Waals surface area (Å²) in [5, 5.41) is 11.6. The van der Waals surface area contributed by atoms with E-state index in [4.69, 9.17) is 9.15 Å². The molecule has 3 rings (SSSR count). The van der Waals surface area contributed by atoms with Gasteiger partial charge in [0.2, 0.25) is 11.8 Å². The van der Waals surface area contributed by atoms with Crippen molar-refractivity contribution in [1.29, 1.82) is 0 Å². The molecule has 2 heterocycles. The van der Waals surface area contributed by atoms with Gasteiger partial charge in [0, 0.05) is 25.1 Å². The van der Waals surface area contributed by atoms with Gasteiger partial charge in [-0.25, -0.2) is 9.59 Å². The van der Waals surface area contributed by atoms with Crippen LogP contribution in [0.2, 0.25) is 0 Å². The molecule has 2 N–H and O–H groups in total. The van der Waals surface area contributed by atoms with Gasteiger partial charge in [0.25, 0.3) is 0 Å². The summed E-state index contributed by atoms with van der Waals surface area (Å²) in [4.78, 5) is 48.8. The minimum atomic E-state index is -0.983. The molecule has 1 unspecified atom stereocenters. The third-order valence-electron chi connectivity index (χ3n) is 5.48. The molecule has 0 spiro atoms. The first-order valence-corrected chi connectivity index (χ1v) is 10.6. The Labute approximate surface area is 185 Å². The number of nitrogens with zero attached hydrogens (tertiary/aromatic N) is 2. The van der Waals surface area contributed by atoms with Crippen molar-refractivity contribution < 1.29 is 28.6 Å². The lowest BCUT2D eigenvalue weighted by Crippen LogP contribution is -2.46. The molecule has 3 amide bonds. The maximum Gasteiger partial charge on any atom is 0.420 e. The number of ether oxygens (including phenoxy) is 1. The van der Waals surface area contributed by atoms with E-state index in [2.05, 4.69) is 5.32 Å². The first-order chi connectivity index (χ1) is 15.1. The average Bonchev–Trinajstić information content (AvgIpc) is 3.02. The predicted molar refractivity (Wildman–Crippen MR) is 116 cm³/mol. The van der Waals surface area contributed by atoms with Gasteiger partial charge in [-0.2, -0.15) is 0 Å². The maximum absolute atomic E-state index is 12.5. The summed E-state index contributed by atoms with van der Waals surface area (Å²) in [6, 6.07) is 4.59. The van der Waals surface area contributed by atoms with Crippen LogP contribution in [0.15, 0.2) is 27.4 Å². The fourth-order valence-electron chi connectivity index (χ4n) is 3.87.